The summed E-state index contributed by atoms with van der Waals surface area (Å²) < 4.78 is 0. The van der Waals surface area contributed by atoms with Gasteiger partial charge < -0.3 is 15.1 Å². The second-order valence-electron chi connectivity index (χ2n) is 6.33. The third-order valence-corrected chi connectivity index (χ3v) is 4.58. The SMILES string of the molecule is CN(C)C(=O)c1cc(NC2CCN3CCCC3C2)ccn1. The predicted molar refractivity (Wildman–Crippen MR) is 83.5 cm³/mol. The minimum Gasteiger partial charge on any atom is -0.382 e. The summed E-state index contributed by atoms with van der Waals surface area (Å²) in [6, 6.07) is 5.08. The number of carbonyl (C=O) groups excluding carboxylic acids is 1. The van der Waals surface area contributed by atoms with Gasteiger partial charge in [-0.15, -0.1) is 0 Å². The lowest BCUT2D eigenvalue weighted by Gasteiger charge is -2.35. The van der Waals surface area contributed by atoms with Gasteiger partial charge in [-0.2, -0.15) is 0 Å². The van der Waals surface area contributed by atoms with E-state index in [1.807, 2.05) is 12.1 Å². The van der Waals surface area contributed by atoms with Crippen LogP contribution in [0.1, 0.15) is 36.2 Å². The van der Waals surface area contributed by atoms with Crippen LogP contribution in [0.4, 0.5) is 5.69 Å². The molecule has 0 aromatic carbocycles. The van der Waals surface area contributed by atoms with Crippen LogP contribution in [0.3, 0.4) is 0 Å². The van der Waals surface area contributed by atoms with Crippen molar-refractivity contribution in [3.8, 4) is 0 Å². The fourth-order valence-corrected chi connectivity index (χ4v) is 3.46. The van der Waals surface area contributed by atoms with Crippen molar-refractivity contribution in [2.24, 2.45) is 0 Å². The molecule has 1 aromatic rings. The Labute approximate surface area is 126 Å². The second kappa shape index (κ2) is 6.02. The van der Waals surface area contributed by atoms with Crippen LogP contribution in [0.5, 0.6) is 0 Å². The van der Waals surface area contributed by atoms with Gasteiger partial charge in [-0.25, -0.2) is 0 Å². The van der Waals surface area contributed by atoms with E-state index in [0.717, 1.165) is 11.7 Å². The summed E-state index contributed by atoms with van der Waals surface area (Å²) in [6.07, 6.45) is 6.77. The van der Waals surface area contributed by atoms with Crippen molar-refractivity contribution >= 4 is 11.6 Å². The van der Waals surface area contributed by atoms with E-state index in [0.29, 0.717) is 11.7 Å². The molecule has 3 heterocycles. The number of piperidine rings is 1. The smallest absolute Gasteiger partial charge is 0.272 e. The number of carbonyl (C=O) groups is 1. The van der Waals surface area contributed by atoms with Crippen molar-refractivity contribution in [1.82, 2.24) is 14.8 Å². The summed E-state index contributed by atoms with van der Waals surface area (Å²) in [5.74, 6) is -0.0516. The molecule has 1 N–H and O–H groups in total. The zero-order valence-electron chi connectivity index (χ0n) is 12.9. The number of nitrogens with one attached hydrogen (secondary N) is 1. The van der Waals surface area contributed by atoms with Gasteiger partial charge in [0.05, 0.1) is 0 Å². The van der Waals surface area contributed by atoms with Crippen LogP contribution in [-0.4, -0.2) is 60.0 Å². The van der Waals surface area contributed by atoms with Crippen LogP contribution in [0.2, 0.25) is 0 Å². The van der Waals surface area contributed by atoms with E-state index in [-0.39, 0.29) is 5.91 Å². The molecular weight excluding hydrogens is 264 g/mol. The lowest BCUT2D eigenvalue weighted by molar-refractivity contribution is 0.0822. The fraction of sp³-hybridized carbons (Fsp3) is 0.625. The summed E-state index contributed by atoms with van der Waals surface area (Å²) in [5, 5.41) is 3.59. The Hall–Kier alpha value is -1.62. The number of amides is 1. The first-order valence-electron chi connectivity index (χ1n) is 7.82. The van der Waals surface area contributed by atoms with Crippen LogP contribution in [0, 0.1) is 0 Å². The van der Waals surface area contributed by atoms with Gasteiger partial charge in [-0.05, 0) is 44.4 Å². The maximum absolute atomic E-state index is 12.0. The van der Waals surface area contributed by atoms with E-state index in [1.54, 1.807) is 25.2 Å². The largest absolute Gasteiger partial charge is 0.382 e. The minimum atomic E-state index is -0.0516. The number of rotatable bonds is 3. The van der Waals surface area contributed by atoms with Crippen LogP contribution in [-0.2, 0) is 0 Å². The molecule has 1 amide bonds. The van der Waals surface area contributed by atoms with E-state index < -0.39 is 0 Å². The molecule has 5 nitrogen and oxygen atoms in total. The molecule has 0 spiro atoms. The summed E-state index contributed by atoms with van der Waals surface area (Å²) in [5.41, 5.74) is 1.51. The molecule has 1 aromatic heterocycles. The van der Waals surface area contributed by atoms with E-state index >= 15 is 0 Å². The maximum atomic E-state index is 12.0. The van der Waals surface area contributed by atoms with E-state index in [2.05, 4.69) is 15.2 Å². The molecule has 0 aliphatic carbocycles. The molecular formula is C16H24N4O. The average molecular weight is 288 g/mol. The molecule has 2 atom stereocenters. The summed E-state index contributed by atoms with van der Waals surface area (Å²) in [4.78, 5) is 20.3. The van der Waals surface area contributed by atoms with Crippen molar-refractivity contribution in [2.45, 2.75) is 37.8 Å². The Morgan fingerprint density at radius 3 is 3.05 bits per heavy atom. The van der Waals surface area contributed by atoms with E-state index in [9.17, 15) is 4.79 Å². The highest BCUT2D eigenvalue weighted by Crippen LogP contribution is 2.28. The molecule has 0 bridgehead atoms. The molecule has 2 fully saturated rings. The highest BCUT2D eigenvalue weighted by atomic mass is 16.2. The zero-order chi connectivity index (χ0) is 14.8. The molecule has 0 radical (unpaired) electrons. The highest BCUT2D eigenvalue weighted by Gasteiger charge is 2.31. The molecule has 114 valence electrons. The number of hydrogen-bond donors (Lipinski definition) is 1. The Balaban J connectivity index is 1.65. The summed E-state index contributed by atoms with van der Waals surface area (Å²) in [7, 11) is 3.50. The number of hydrogen-bond acceptors (Lipinski definition) is 4. The number of fused-ring (bicyclic) bond motifs is 1. The number of anilines is 1. The van der Waals surface area contributed by atoms with Gasteiger partial charge in [-0.1, -0.05) is 0 Å². The van der Waals surface area contributed by atoms with Gasteiger partial charge in [0.1, 0.15) is 5.69 Å². The van der Waals surface area contributed by atoms with Gasteiger partial charge >= 0.3 is 0 Å². The standard InChI is InChI=1S/C16H24N4O/c1-19(2)16(21)15-11-12(5-7-17-15)18-13-6-9-20-8-3-4-14(20)10-13/h5,7,11,13-14H,3-4,6,8-10H2,1-2H3,(H,17,18). The minimum absolute atomic E-state index is 0.0516. The van der Waals surface area contributed by atoms with Crippen LogP contribution in [0.25, 0.3) is 0 Å². The topological polar surface area (TPSA) is 48.5 Å². The first-order valence-corrected chi connectivity index (χ1v) is 7.82. The molecule has 5 heteroatoms. The van der Waals surface area contributed by atoms with Crippen molar-refractivity contribution in [1.29, 1.82) is 0 Å². The van der Waals surface area contributed by atoms with Gasteiger partial charge in [0, 0.05) is 44.6 Å². The Kier molecular flexibility index (Phi) is 4.10. The van der Waals surface area contributed by atoms with Crippen molar-refractivity contribution in [2.75, 3.05) is 32.5 Å². The van der Waals surface area contributed by atoms with Gasteiger partial charge in [0.25, 0.3) is 5.91 Å². The quantitative estimate of drug-likeness (QED) is 0.922. The molecule has 0 saturated carbocycles. The Morgan fingerprint density at radius 1 is 1.38 bits per heavy atom. The van der Waals surface area contributed by atoms with Crippen molar-refractivity contribution < 1.29 is 4.79 Å². The molecule has 3 rings (SSSR count). The van der Waals surface area contributed by atoms with E-state index in [4.69, 9.17) is 0 Å². The third kappa shape index (κ3) is 3.18. The first-order chi connectivity index (χ1) is 10.1. The molecule has 21 heavy (non-hydrogen) atoms. The predicted octanol–water partition coefficient (Wildman–Crippen LogP) is 1.82. The maximum Gasteiger partial charge on any atom is 0.272 e. The first kappa shape index (κ1) is 14.3. The fourth-order valence-electron chi connectivity index (χ4n) is 3.46. The third-order valence-electron chi connectivity index (χ3n) is 4.58. The molecule has 2 aliphatic heterocycles. The highest BCUT2D eigenvalue weighted by molar-refractivity contribution is 5.92. The van der Waals surface area contributed by atoms with Crippen molar-refractivity contribution in [3.05, 3.63) is 24.0 Å². The normalized spacial score (nSPS) is 25.4. The summed E-state index contributed by atoms with van der Waals surface area (Å²) in [6.45, 7) is 2.46. The Morgan fingerprint density at radius 2 is 2.24 bits per heavy atom. The molecule has 2 saturated heterocycles. The van der Waals surface area contributed by atoms with E-state index in [1.165, 1.54) is 38.8 Å². The zero-order valence-corrected chi connectivity index (χ0v) is 12.9. The van der Waals surface area contributed by atoms with Crippen LogP contribution >= 0.6 is 0 Å². The van der Waals surface area contributed by atoms with Crippen molar-refractivity contribution in [3.63, 3.8) is 0 Å². The molecule has 2 unspecified atom stereocenters. The number of nitrogens with zero attached hydrogens (tertiary/aromatic N) is 3. The summed E-state index contributed by atoms with van der Waals surface area (Å²) >= 11 is 0. The lowest BCUT2D eigenvalue weighted by Crippen LogP contribution is -2.42. The monoisotopic (exact) mass is 288 g/mol. The molecule has 2 aliphatic rings. The van der Waals surface area contributed by atoms with Crippen LogP contribution < -0.4 is 5.32 Å². The van der Waals surface area contributed by atoms with Gasteiger partial charge in [0.15, 0.2) is 0 Å². The second-order valence-corrected chi connectivity index (χ2v) is 6.33. The lowest BCUT2D eigenvalue weighted by atomic mass is 9.97. The van der Waals surface area contributed by atoms with Gasteiger partial charge in [-0.3, -0.25) is 9.78 Å². The average Bonchev–Trinajstić information content (AvgIpc) is 2.94. The number of pyridine rings is 1. The Bertz CT molecular complexity index is 517. The van der Waals surface area contributed by atoms with Gasteiger partial charge in [0.2, 0.25) is 0 Å². The number of aromatic nitrogens is 1. The van der Waals surface area contributed by atoms with Crippen LogP contribution in [0.15, 0.2) is 18.3 Å².